The highest BCUT2D eigenvalue weighted by atomic mass is 35.5. The van der Waals surface area contributed by atoms with Crippen LogP contribution in [0.5, 0.6) is 0 Å². The number of nitrogens with two attached hydrogens (primary N) is 1. The van der Waals surface area contributed by atoms with E-state index in [2.05, 4.69) is 84.4 Å². The van der Waals surface area contributed by atoms with Crippen LogP contribution in [0.4, 0.5) is 4.79 Å². The summed E-state index contributed by atoms with van der Waals surface area (Å²) in [5.74, 6) is 0. The van der Waals surface area contributed by atoms with Crippen molar-refractivity contribution >= 4 is 35.1 Å². The SMILES string of the molecule is C/C=C(/C)CC(=C1CCN(C(=O)NC(C)(C)C)CC1)c1ccc(Cl)cc1/C(=C\C)CC(/C=C/NC=NC)NCCOCC.C=CN.CC.CO. The molecule has 1 fully saturated rings. The standard InChI is InChI=1S/C35H54ClN5O2.C2H5N.C2H6.CH4O/c1-9-26(4)22-32(28-15-19-41(20-16-28)34(42)40-35(5,6)7)31-13-12-29(36)24-33(31)27(10-2)23-30(14-17-38-25-37-8)39-18-21-43-11-3;1-2-3;2*1-2/h9-10,12-14,17,24-25,30,39H,11,15-16,18-23H2,1-8H3,(H,37,38)(H,40,42);2H,1,3H2;1-2H3;2H,1H3/b17-14+,26-9-,27-10-;;;. The molecule has 0 bridgehead atoms. The summed E-state index contributed by atoms with van der Waals surface area (Å²) < 4.78 is 5.57. The Morgan fingerprint density at radius 3 is 2.30 bits per heavy atom. The molecule has 0 saturated carbocycles. The zero-order chi connectivity index (χ0) is 38.5. The van der Waals surface area contributed by atoms with Gasteiger partial charge in [-0.15, -0.1) is 0 Å². The van der Waals surface area contributed by atoms with Crippen molar-refractivity contribution in [3.8, 4) is 0 Å². The van der Waals surface area contributed by atoms with Gasteiger partial charge in [-0.25, -0.2) is 4.79 Å². The van der Waals surface area contributed by atoms with Crippen LogP contribution < -0.4 is 21.7 Å². The van der Waals surface area contributed by atoms with Crippen molar-refractivity contribution in [2.24, 2.45) is 10.7 Å². The maximum Gasteiger partial charge on any atom is 0.317 e. The van der Waals surface area contributed by atoms with Gasteiger partial charge in [0.05, 0.1) is 12.9 Å². The molecule has 284 valence electrons. The van der Waals surface area contributed by atoms with Crippen molar-refractivity contribution < 1.29 is 14.6 Å². The van der Waals surface area contributed by atoms with Crippen LogP contribution in [0.15, 0.2) is 71.5 Å². The highest BCUT2D eigenvalue weighted by Crippen LogP contribution is 2.38. The van der Waals surface area contributed by atoms with Crippen molar-refractivity contribution in [2.75, 3.05) is 47.0 Å². The molecule has 2 amide bonds. The van der Waals surface area contributed by atoms with Gasteiger partial charge in [0.1, 0.15) is 0 Å². The number of hydrogen-bond acceptors (Lipinski definition) is 6. The Balaban J connectivity index is 0. The summed E-state index contributed by atoms with van der Waals surface area (Å²) in [5.41, 5.74) is 12.0. The van der Waals surface area contributed by atoms with Gasteiger partial charge >= 0.3 is 6.03 Å². The summed E-state index contributed by atoms with van der Waals surface area (Å²) in [6.45, 7) is 25.1. The van der Waals surface area contributed by atoms with E-state index in [9.17, 15) is 4.79 Å². The van der Waals surface area contributed by atoms with Crippen LogP contribution in [-0.4, -0.2) is 81.0 Å². The predicted octanol–water partition coefficient (Wildman–Crippen LogP) is 8.33. The lowest BCUT2D eigenvalue weighted by molar-refractivity contribution is 0.148. The van der Waals surface area contributed by atoms with Crippen molar-refractivity contribution in [1.82, 2.24) is 20.9 Å². The van der Waals surface area contributed by atoms with Gasteiger partial charge in [-0.3, -0.25) is 4.99 Å². The first kappa shape index (κ1) is 48.7. The molecule has 0 radical (unpaired) electrons. The molecule has 1 aromatic carbocycles. The molecule has 1 unspecified atom stereocenters. The first-order valence-electron chi connectivity index (χ1n) is 17.7. The molecule has 1 aliphatic rings. The summed E-state index contributed by atoms with van der Waals surface area (Å²) >= 11 is 6.64. The van der Waals surface area contributed by atoms with Crippen LogP contribution in [0.3, 0.4) is 0 Å². The number of aliphatic imine (C=N–C) groups is 1. The molecule has 1 heterocycles. The Hall–Kier alpha value is -3.37. The normalized spacial score (nSPS) is 14.1. The van der Waals surface area contributed by atoms with E-state index in [0.717, 1.165) is 49.9 Å². The third kappa shape index (κ3) is 20.3. The van der Waals surface area contributed by atoms with Crippen LogP contribution in [0.1, 0.15) is 99.1 Å². The molecule has 1 saturated heterocycles. The second kappa shape index (κ2) is 29.4. The fourth-order valence-corrected chi connectivity index (χ4v) is 5.27. The maximum absolute atomic E-state index is 12.9. The maximum atomic E-state index is 12.9. The average molecular weight is 717 g/mol. The van der Waals surface area contributed by atoms with Gasteiger partial charge in [0, 0.05) is 57.0 Å². The Morgan fingerprint density at radius 2 is 1.78 bits per heavy atom. The molecule has 2 rings (SSSR count). The number of rotatable bonds is 14. The van der Waals surface area contributed by atoms with Crippen molar-refractivity contribution in [3.05, 3.63) is 82.7 Å². The van der Waals surface area contributed by atoms with Gasteiger partial charge < -0.3 is 36.4 Å². The molecule has 1 aliphatic heterocycles. The number of likely N-dealkylation sites (tertiary alicyclic amines) is 1. The van der Waals surface area contributed by atoms with Gasteiger partial charge in [-0.1, -0.05) is 67.5 Å². The Kier molecular flexibility index (Phi) is 28.6. The van der Waals surface area contributed by atoms with E-state index >= 15 is 0 Å². The fraction of sp³-hybridized carbons (Fsp3) is 0.550. The monoisotopic (exact) mass is 717 g/mol. The van der Waals surface area contributed by atoms with Crippen LogP contribution >= 0.6 is 11.6 Å². The number of piperidine rings is 1. The molecule has 0 aliphatic carbocycles. The zero-order valence-corrected chi connectivity index (χ0v) is 33.7. The van der Waals surface area contributed by atoms with Gasteiger partial charge in [0.2, 0.25) is 0 Å². The number of urea groups is 1. The summed E-state index contributed by atoms with van der Waals surface area (Å²) in [4.78, 5) is 18.8. The molecule has 0 spiro atoms. The van der Waals surface area contributed by atoms with Gasteiger partial charge in [0.15, 0.2) is 0 Å². The summed E-state index contributed by atoms with van der Waals surface area (Å²) in [6, 6.07) is 6.37. The van der Waals surface area contributed by atoms with E-state index in [1.165, 1.54) is 34.1 Å². The third-order valence-electron chi connectivity index (χ3n) is 7.44. The van der Waals surface area contributed by atoms with Crippen LogP contribution in [0, 0.1) is 0 Å². The fourth-order valence-electron chi connectivity index (χ4n) is 5.10. The van der Waals surface area contributed by atoms with E-state index < -0.39 is 0 Å². The van der Waals surface area contributed by atoms with Crippen molar-refractivity contribution in [2.45, 2.75) is 99.6 Å². The number of carbonyl (C=O) groups excluding carboxylic acids is 1. The minimum absolute atomic E-state index is 0.0109. The van der Waals surface area contributed by atoms with E-state index in [4.69, 9.17) is 21.4 Å². The third-order valence-corrected chi connectivity index (χ3v) is 7.67. The summed E-state index contributed by atoms with van der Waals surface area (Å²) in [7, 11) is 2.74. The van der Waals surface area contributed by atoms with Crippen LogP contribution in [0.2, 0.25) is 5.02 Å². The molecule has 1 aromatic rings. The molecular formula is C40H69ClN6O3. The average Bonchev–Trinajstić information content (AvgIpc) is 3.11. The molecule has 50 heavy (non-hydrogen) atoms. The number of halogens is 1. The number of hydrogen-bond donors (Lipinski definition) is 5. The number of amides is 2. The highest BCUT2D eigenvalue weighted by molar-refractivity contribution is 6.30. The number of nitrogens with zero attached hydrogens (tertiary/aromatic N) is 2. The van der Waals surface area contributed by atoms with Crippen molar-refractivity contribution in [1.29, 1.82) is 0 Å². The second-order valence-corrected chi connectivity index (χ2v) is 12.6. The Morgan fingerprint density at radius 1 is 1.16 bits per heavy atom. The molecule has 10 heteroatoms. The molecule has 6 N–H and O–H groups in total. The summed E-state index contributed by atoms with van der Waals surface area (Å²) in [6.07, 6.45) is 14.7. The number of aliphatic hydroxyl groups excluding tert-OH is 1. The van der Waals surface area contributed by atoms with Crippen LogP contribution in [0.25, 0.3) is 11.1 Å². The molecule has 9 nitrogen and oxygen atoms in total. The van der Waals surface area contributed by atoms with E-state index in [1.807, 2.05) is 58.7 Å². The highest BCUT2D eigenvalue weighted by Gasteiger charge is 2.25. The number of aliphatic hydroxyl groups is 1. The first-order valence-corrected chi connectivity index (χ1v) is 18.1. The van der Waals surface area contributed by atoms with E-state index in [1.54, 1.807) is 13.4 Å². The van der Waals surface area contributed by atoms with E-state index in [0.29, 0.717) is 26.3 Å². The van der Waals surface area contributed by atoms with E-state index in [-0.39, 0.29) is 17.6 Å². The molecule has 1 atom stereocenters. The minimum Gasteiger partial charge on any atom is -0.405 e. The molecular weight excluding hydrogens is 648 g/mol. The second-order valence-electron chi connectivity index (χ2n) is 12.2. The lowest BCUT2D eigenvalue weighted by atomic mass is 9.84. The lowest BCUT2D eigenvalue weighted by Crippen LogP contribution is -2.50. The Labute approximate surface area is 309 Å². The Bertz CT molecular complexity index is 1240. The zero-order valence-electron chi connectivity index (χ0n) is 33.0. The number of ether oxygens (including phenoxy) is 1. The lowest BCUT2D eigenvalue weighted by Gasteiger charge is -2.33. The topological polar surface area (TPSA) is 124 Å². The quantitative estimate of drug-likeness (QED) is 0.0571. The van der Waals surface area contributed by atoms with Gasteiger partial charge in [-0.2, -0.15) is 0 Å². The molecule has 0 aromatic heterocycles. The number of allylic oxidation sites excluding steroid dienone is 4. The predicted molar refractivity (Wildman–Crippen MR) is 219 cm³/mol. The van der Waals surface area contributed by atoms with Gasteiger partial charge in [-0.05, 0) is 121 Å². The minimum atomic E-state index is -0.257. The number of benzene rings is 1. The number of nitrogens with one attached hydrogen (secondary N) is 3. The number of carbonyl (C=O) groups is 1. The van der Waals surface area contributed by atoms with Crippen LogP contribution in [-0.2, 0) is 4.74 Å². The van der Waals surface area contributed by atoms with Crippen molar-refractivity contribution in [3.63, 3.8) is 0 Å². The van der Waals surface area contributed by atoms with Gasteiger partial charge in [0.25, 0.3) is 0 Å². The summed E-state index contributed by atoms with van der Waals surface area (Å²) in [5, 5.41) is 17.6. The smallest absolute Gasteiger partial charge is 0.317 e. The first-order chi connectivity index (χ1) is 23.9. The largest absolute Gasteiger partial charge is 0.405 e.